The Morgan fingerprint density at radius 1 is 1.11 bits per heavy atom. The summed E-state index contributed by atoms with van der Waals surface area (Å²) in [5, 5.41) is 9.41. The maximum Gasteiger partial charge on any atom is 0.201 e. The SMILES string of the molecule is COc1cccc(C=Cc2oc3cc(F)ccc3c(=O)c2-c2ccc(C#N)cc2)c1OCC1CC1. The van der Waals surface area contributed by atoms with Crippen molar-refractivity contribution in [2.75, 3.05) is 13.7 Å². The molecule has 1 heterocycles. The third kappa shape index (κ3) is 4.67. The van der Waals surface area contributed by atoms with Crippen LogP contribution in [-0.2, 0) is 0 Å². The second kappa shape index (κ2) is 9.47. The topological polar surface area (TPSA) is 72.5 Å². The summed E-state index contributed by atoms with van der Waals surface area (Å²) in [7, 11) is 1.59. The normalized spacial score (nSPS) is 13.2. The maximum atomic E-state index is 13.9. The Hall–Kier alpha value is -4.37. The highest BCUT2D eigenvalue weighted by Crippen LogP contribution is 2.36. The van der Waals surface area contributed by atoms with E-state index in [1.807, 2.05) is 18.2 Å². The molecule has 1 fully saturated rings. The minimum atomic E-state index is -0.495. The van der Waals surface area contributed by atoms with Crippen LogP contribution in [0.1, 0.15) is 29.7 Å². The molecular formula is C29H22FNO4. The van der Waals surface area contributed by atoms with Crippen molar-refractivity contribution in [1.82, 2.24) is 0 Å². The summed E-state index contributed by atoms with van der Waals surface area (Å²) in [6.07, 6.45) is 5.79. The van der Waals surface area contributed by atoms with E-state index in [2.05, 4.69) is 6.07 Å². The van der Waals surface area contributed by atoms with E-state index in [9.17, 15) is 9.18 Å². The smallest absolute Gasteiger partial charge is 0.201 e. The zero-order valence-corrected chi connectivity index (χ0v) is 19.1. The minimum absolute atomic E-state index is 0.155. The molecule has 0 amide bonds. The molecule has 1 aliphatic rings. The van der Waals surface area contributed by atoms with Crippen LogP contribution >= 0.6 is 0 Å². The lowest BCUT2D eigenvalue weighted by atomic mass is 10.00. The Kier molecular flexibility index (Phi) is 6.07. The van der Waals surface area contributed by atoms with Crippen molar-refractivity contribution in [3.05, 3.63) is 93.6 Å². The molecule has 0 bridgehead atoms. The second-order valence-corrected chi connectivity index (χ2v) is 8.47. The van der Waals surface area contributed by atoms with Gasteiger partial charge in [0.25, 0.3) is 0 Å². The van der Waals surface area contributed by atoms with Crippen LogP contribution in [0.4, 0.5) is 4.39 Å². The molecule has 0 unspecified atom stereocenters. The predicted molar refractivity (Wildman–Crippen MR) is 133 cm³/mol. The average molecular weight is 467 g/mol. The maximum absolute atomic E-state index is 13.9. The molecule has 35 heavy (non-hydrogen) atoms. The Balaban J connectivity index is 1.64. The van der Waals surface area contributed by atoms with Gasteiger partial charge >= 0.3 is 0 Å². The van der Waals surface area contributed by atoms with Gasteiger partial charge in [0.05, 0.1) is 36.3 Å². The molecular weight excluding hydrogens is 445 g/mol. The number of hydrogen-bond donors (Lipinski definition) is 0. The number of fused-ring (bicyclic) bond motifs is 1. The highest BCUT2D eigenvalue weighted by Gasteiger charge is 2.23. The van der Waals surface area contributed by atoms with Crippen LogP contribution in [0.25, 0.3) is 34.2 Å². The zero-order chi connectivity index (χ0) is 24.4. The third-order valence-electron chi connectivity index (χ3n) is 5.99. The number of hydrogen-bond acceptors (Lipinski definition) is 5. The molecule has 174 valence electrons. The van der Waals surface area contributed by atoms with E-state index in [0.29, 0.717) is 40.7 Å². The molecule has 0 saturated heterocycles. The minimum Gasteiger partial charge on any atom is -0.493 e. The van der Waals surface area contributed by atoms with Gasteiger partial charge in [0, 0.05) is 11.6 Å². The summed E-state index contributed by atoms with van der Waals surface area (Å²) in [4.78, 5) is 13.5. The van der Waals surface area contributed by atoms with Gasteiger partial charge in [-0.15, -0.1) is 0 Å². The van der Waals surface area contributed by atoms with Gasteiger partial charge in [-0.1, -0.05) is 24.3 Å². The lowest BCUT2D eigenvalue weighted by molar-refractivity contribution is 0.280. The first kappa shape index (κ1) is 22.4. The van der Waals surface area contributed by atoms with E-state index in [0.717, 1.165) is 18.4 Å². The molecule has 4 aromatic rings. The largest absolute Gasteiger partial charge is 0.493 e. The van der Waals surface area contributed by atoms with Crippen LogP contribution in [0.3, 0.4) is 0 Å². The fourth-order valence-corrected chi connectivity index (χ4v) is 3.92. The average Bonchev–Trinajstić information content (AvgIpc) is 3.71. The van der Waals surface area contributed by atoms with Gasteiger partial charge in [-0.2, -0.15) is 5.26 Å². The van der Waals surface area contributed by atoms with Crippen molar-refractivity contribution < 1.29 is 18.3 Å². The second-order valence-electron chi connectivity index (χ2n) is 8.47. The van der Waals surface area contributed by atoms with Crippen molar-refractivity contribution in [3.63, 3.8) is 0 Å². The van der Waals surface area contributed by atoms with E-state index in [4.69, 9.17) is 19.2 Å². The van der Waals surface area contributed by atoms with Gasteiger partial charge in [0.2, 0.25) is 5.43 Å². The number of nitrogens with zero attached hydrogens (tertiary/aromatic N) is 1. The molecule has 1 aromatic heterocycles. The van der Waals surface area contributed by atoms with Crippen molar-refractivity contribution in [3.8, 4) is 28.7 Å². The van der Waals surface area contributed by atoms with Crippen molar-refractivity contribution in [2.45, 2.75) is 12.8 Å². The summed E-state index contributed by atoms with van der Waals surface area (Å²) in [5.74, 6) is 1.57. The van der Waals surface area contributed by atoms with Crippen LogP contribution in [0.15, 0.2) is 69.9 Å². The van der Waals surface area contributed by atoms with Crippen molar-refractivity contribution >= 4 is 23.1 Å². The molecule has 5 nitrogen and oxygen atoms in total. The van der Waals surface area contributed by atoms with Gasteiger partial charge in [-0.25, -0.2) is 4.39 Å². The first-order valence-electron chi connectivity index (χ1n) is 11.3. The van der Waals surface area contributed by atoms with E-state index in [1.54, 1.807) is 43.5 Å². The third-order valence-corrected chi connectivity index (χ3v) is 5.99. The first-order chi connectivity index (χ1) is 17.1. The van der Waals surface area contributed by atoms with Gasteiger partial charge < -0.3 is 13.9 Å². The Morgan fingerprint density at radius 3 is 2.63 bits per heavy atom. The molecule has 1 aliphatic carbocycles. The molecule has 3 aromatic carbocycles. The number of halogens is 1. The van der Waals surface area contributed by atoms with E-state index >= 15 is 0 Å². The Morgan fingerprint density at radius 2 is 1.91 bits per heavy atom. The molecule has 0 N–H and O–H groups in total. The van der Waals surface area contributed by atoms with E-state index in [-0.39, 0.29) is 22.2 Å². The molecule has 0 spiro atoms. The number of rotatable bonds is 7. The lowest BCUT2D eigenvalue weighted by Crippen LogP contribution is -2.07. The highest BCUT2D eigenvalue weighted by atomic mass is 19.1. The predicted octanol–water partition coefficient (Wildman–Crippen LogP) is 6.44. The van der Waals surface area contributed by atoms with Crippen LogP contribution in [-0.4, -0.2) is 13.7 Å². The van der Waals surface area contributed by atoms with Gasteiger partial charge in [0.15, 0.2) is 11.5 Å². The molecule has 0 aliphatic heterocycles. The van der Waals surface area contributed by atoms with E-state index < -0.39 is 5.82 Å². The molecule has 5 rings (SSSR count). The van der Waals surface area contributed by atoms with Gasteiger partial charge in [-0.3, -0.25) is 4.79 Å². The number of methoxy groups -OCH3 is 1. The van der Waals surface area contributed by atoms with E-state index in [1.165, 1.54) is 18.2 Å². The monoisotopic (exact) mass is 467 g/mol. The van der Waals surface area contributed by atoms with Gasteiger partial charge in [-0.05, 0) is 66.8 Å². The number of benzene rings is 3. The van der Waals surface area contributed by atoms with Crippen LogP contribution in [0.5, 0.6) is 11.5 Å². The van der Waals surface area contributed by atoms with Crippen molar-refractivity contribution in [1.29, 1.82) is 5.26 Å². The number of nitriles is 1. The molecule has 0 radical (unpaired) electrons. The fraction of sp³-hybridized carbons (Fsp3) is 0.172. The Labute approximate surface area is 201 Å². The van der Waals surface area contributed by atoms with Gasteiger partial charge in [0.1, 0.15) is 17.2 Å². The summed E-state index contributed by atoms with van der Waals surface area (Å²) in [6.45, 7) is 0.613. The summed E-state index contributed by atoms with van der Waals surface area (Å²) < 4.78 is 31.5. The highest BCUT2D eigenvalue weighted by molar-refractivity contribution is 5.87. The number of ether oxygens (including phenoxy) is 2. The molecule has 1 saturated carbocycles. The summed E-state index contributed by atoms with van der Waals surface area (Å²) in [6, 6.07) is 18.2. The van der Waals surface area contributed by atoms with Crippen LogP contribution < -0.4 is 14.9 Å². The summed E-state index contributed by atoms with van der Waals surface area (Å²) >= 11 is 0. The first-order valence-corrected chi connectivity index (χ1v) is 11.3. The summed E-state index contributed by atoms with van der Waals surface area (Å²) in [5.41, 5.74) is 2.03. The fourth-order valence-electron chi connectivity index (χ4n) is 3.92. The molecule has 0 atom stereocenters. The number of para-hydroxylation sites is 1. The van der Waals surface area contributed by atoms with Crippen LogP contribution in [0, 0.1) is 23.1 Å². The Bertz CT molecular complexity index is 1530. The van der Waals surface area contributed by atoms with Crippen molar-refractivity contribution in [2.24, 2.45) is 5.92 Å². The van der Waals surface area contributed by atoms with Crippen LogP contribution in [0.2, 0.25) is 0 Å². The zero-order valence-electron chi connectivity index (χ0n) is 19.1. The quantitative estimate of drug-likeness (QED) is 0.313. The standard InChI is InChI=1S/C29H22FNO4/c1-33-25-4-2-3-21(29(25)34-17-19-5-6-19)11-14-24-27(20-9-7-18(16-31)8-10-20)28(32)23-13-12-22(30)15-26(23)35-24/h2-4,7-15,19H,5-6,17H2,1H3. The molecule has 6 heteroatoms. The lowest BCUT2D eigenvalue weighted by Gasteiger charge is -2.13.